The maximum absolute atomic E-state index is 11.9. The van der Waals surface area contributed by atoms with Crippen LogP contribution in [0.3, 0.4) is 0 Å². The highest BCUT2D eigenvalue weighted by atomic mass is 16.4. The summed E-state index contributed by atoms with van der Waals surface area (Å²) in [6, 6.07) is 0. The molecule has 1 rings (SSSR count). The lowest BCUT2D eigenvalue weighted by molar-refractivity contribution is -0.147. The van der Waals surface area contributed by atoms with Gasteiger partial charge in [0.05, 0.1) is 12.0 Å². The number of hydrogen-bond acceptors (Lipinski definition) is 3. The molecule has 1 saturated heterocycles. The van der Waals surface area contributed by atoms with E-state index >= 15 is 0 Å². The number of carboxylic acid groups (broad SMARTS) is 1. The molecular weight excluding hydrogens is 220 g/mol. The summed E-state index contributed by atoms with van der Waals surface area (Å²) in [5.74, 6) is -0.681. The van der Waals surface area contributed by atoms with E-state index in [0.717, 1.165) is 0 Å². The quantitative estimate of drug-likeness (QED) is 0.769. The zero-order chi connectivity index (χ0) is 13.1. The van der Waals surface area contributed by atoms with Gasteiger partial charge in [-0.1, -0.05) is 0 Å². The molecule has 1 fully saturated rings. The third-order valence-corrected chi connectivity index (χ3v) is 3.54. The van der Waals surface area contributed by atoms with E-state index in [-0.39, 0.29) is 5.91 Å². The largest absolute Gasteiger partial charge is 0.481 e. The molecule has 1 heterocycles. The molecule has 1 aliphatic rings. The van der Waals surface area contributed by atoms with Crippen LogP contribution in [0, 0.1) is 5.41 Å². The molecule has 0 bridgehead atoms. The Morgan fingerprint density at radius 2 is 1.94 bits per heavy atom. The fourth-order valence-corrected chi connectivity index (χ4v) is 2.23. The minimum Gasteiger partial charge on any atom is -0.481 e. The molecule has 0 radical (unpaired) electrons. The van der Waals surface area contributed by atoms with Crippen molar-refractivity contribution < 1.29 is 14.7 Å². The summed E-state index contributed by atoms with van der Waals surface area (Å²) in [6.45, 7) is 8.56. The highest BCUT2D eigenvalue weighted by Gasteiger charge is 2.40. The first kappa shape index (κ1) is 14.0. The molecule has 98 valence electrons. The second-order valence-corrected chi connectivity index (χ2v) is 4.89. The summed E-state index contributed by atoms with van der Waals surface area (Å²) in [5, 5.41) is 9.10. The molecule has 0 aromatic heterocycles. The number of aliphatic carboxylic acids is 1. The second-order valence-electron chi connectivity index (χ2n) is 4.89. The first-order valence-corrected chi connectivity index (χ1v) is 6.16. The number of rotatable bonds is 5. The van der Waals surface area contributed by atoms with Crippen molar-refractivity contribution in [2.24, 2.45) is 5.41 Å². The summed E-state index contributed by atoms with van der Waals surface area (Å²) in [4.78, 5) is 26.7. The van der Waals surface area contributed by atoms with Gasteiger partial charge in [0.1, 0.15) is 0 Å². The molecule has 1 aliphatic heterocycles. The van der Waals surface area contributed by atoms with E-state index in [4.69, 9.17) is 5.11 Å². The van der Waals surface area contributed by atoms with Crippen LogP contribution in [-0.2, 0) is 9.59 Å². The van der Waals surface area contributed by atoms with Crippen molar-refractivity contribution in [3.8, 4) is 0 Å². The van der Waals surface area contributed by atoms with Gasteiger partial charge < -0.3 is 10.0 Å². The maximum Gasteiger partial charge on any atom is 0.310 e. The summed E-state index contributed by atoms with van der Waals surface area (Å²) in [5.41, 5.74) is -0.691. The van der Waals surface area contributed by atoms with Crippen LogP contribution in [0.15, 0.2) is 0 Å². The number of carbonyl (C=O) groups excluding carboxylic acids is 1. The smallest absolute Gasteiger partial charge is 0.310 e. The van der Waals surface area contributed by atoms with Crippen molar-refractivity contribution in [2.45, 2.75) is 27.2 Å². The van der Waals surface area contributed by atoms with Gasteiger partial charge in [0.25, 0.3) is 0 Å². The van der Waals surface area contributed by atoms with Gasteiger partial charge in [-0.2, -0.15) is 0 Å². The minimum atomic E-state index is -0.768. The number of carboxylic acids is 1. The number of hydrogen-bond donors (Lipinski definition) is 1. The van der Waals surface area contributed by atoms with Crippen LogP contribution in [0.25, 0.3) is 0 Å². The van der Waals surface area contributed by atoms with Crippen LogP contribution in [0.5, 0.6) is 0 Å². The van der Waals surface area contributed by atoms with Crippen LogP contribution in [0.2, 0.25) is 0 Å². The molecule has 0 aromatic carbocycles. The number of likely N-dealkylation sites (N-methyl/N-ethyl adjacent to an activating group) is 1. The number of nitrogens with zero attached hydrogens (tertiary/aromatic N) is 2. The molecule has 0 saturated carbocycles. The minimum absolute atomic E-state index is 0.0876. The summed E-state index contributed by atoms with van der Waals surface area (Å²) in [6.07, 6.45) is 0.619. The Morgan fingerprint density at radius 3 is 2.35 bits per heavy atom. The van der Waals surface area contributed by atoms with Gasteiger partial charge in [0.15, 0.2) is 0 Å². The van der Waals surface area contributed by atoms with Crippen LogP contribution >= 0.6 is 0 Å². The van der Waals surface area contributed by atoms with Crippen LogP contribution in [-0.4, -0.2) is 59.5 Å². The van der Waals surface area contributed by atoms with Crippen molar-refractivity contribution in [3.63, 3.8) is 0 Å². The summed E-state index contributed by atoms with van der Waals surface area (Å²) >= 11 is 0. The molecule has 1 amide bonds. The average Bonchev–Trinajstić information content (AvgIpc) is 2.63. The molecule has 1 atom stereocenters. The molecular formula is C12H22N2O3. The zero-order valence-electron chi connectivity index (χ0n) is 10.9. The van der Waals surface area contributed by atoms with E-state index in [9.17, 15) is 9.59 Å². The van der Waals surface area contributed by atoms with Gasteiger partial charge in [0, 0.05) is 19.6 Å². The Bertz CT molecular complexity index is 302. The first-order chi connectivity index (χ1) is 7.92. The molecule has 17 heavy (non-hydrogen) atoms. The molecule has 0 aromatic rings. The van der Waals surface area contributed by atoms with Gasteiger partial charge >= 0.3 is 5.97 Å². The SMILES string of the molecule is CCN(CC)C(=O)CN1CCC(C)(C(=O)O)C1. The summed E-state index contributed by atoms with van der Waals surface area (Å²) in [7, 11) is 0. The van der Waals surface area contributed by atoms with E-state index in [1.54, 1.807) is 11.8 Å². The third-order valence-electron chi connectivity index (χ3n) is 3.54. The Kier molecular flexibility index (Phi) is 4.51. The second kappa shape index (κ2) is 5.49. The maximum atomic E-state index is 11.9. The van der Waals surface area contributed by atoms with Crippen LogP contribution in [0.4, 0.5) is 0 Å². The third kappa shape index (κ3) is 3.19. The standard InChI is InChI=1S/C12H22N2O3/c1-4-14(5-2)10(15)8-13-7-6-12(3,9-13)11(16)17/h4-9H2,1-3H3,(H,16,17). The van der Waals surface area contributed by atoms with Crippen molar-refractivity contribution in [3.05, 3.63) is 0 Å². The molecule has 5 heteroatoms. The summed E-state index contributed by atoms with van der Waals surface area (Å²) < 4.78 is 0. The van der Waals surface area contributed by atoms with Gasteiger partial charge in [0.2, 0.25) is 5.91 Å². The Hall–Kier alpha value is -1.10. The topological polar surface area (TPSA) is 60.9 Å². The fourth-order valence-electron chi connectivity index (χ4n) is 2.23. The van der Waals surface area contributed by atoms with E-state index in [1.165, 1.54) is 0 Å². The van der Waals surface area contributed by atoms with Crippen molar-refractivity contribution in [1.29, 1.82) is 0 Å². The number of carbonyl (C=O) groups is 2. The van der Waals surface area contributed by atoms with Gasteiger partial charge in [-0.3, -0.25) is 14.5 Å². The van der Waals surface area contributed by atoms with Gasteiger partial charge in [-0.15, -0.1) is 0 Å². The average molecular weight is 242 g/mol. The molecule has 0 aliphatic carbocycles. The molecule has 5 nitrogen and oxygen atoms in total. The van der Waals surface area contributed by atoms with Gasteiger partial charge in [-0.05, 0) is 33.7 Å². The number of amides is 1. The predicted molar refractivity (Wildman–Crippen MR) is 64.7 cm³/mol. The van der Waals surface area contributed by atoms with E-state index in [0.29, 0.717) is 39.1 Å². The van der Waals surface area contributed by atoms with Crippen molar-refractivity contribution in [2.75, 3.05) is 32.7 Å². The van der Waals surface area contributed by atoms with Crippen molar-refractivity contribution >= 4 is 11.9 Å². The number of likely N-dealkylation sites (tertiary alicyclic amines) is 1. The lowest BCUT2D eigenvalue weighted by Crippen LogP contribution is -2.40. The Morgan fingerprint density at radius 1 is 1.35 bits per heavy atom. The first-order valence-electron chi connectivity index (χ1n) is 6.16. The van der Waals surface area contributed by atoms with Crippen LogP contribution in [0.1, 0.15) is 27.2 Å². The van der Waals surface area contributed by atoms with E-state index in [2.05, 4.69) is 0 Å². The Labute approximate surface area is 102 Å². The zero-order valence-corrected chi connectivity index (χ0v) is 10.9. The fraction of sp³-hybridized carbons (Fsp3) is 0.833. The van der Waals surface area contributed by atoms with Gasteiger partial charge in [-0.25, -0.2) is 0 Å². The van der Waals surface area contributed by atoms with E-state index < -0.39 is 11.4 Å². The van der Waals surface area contributed by atoms with E-state index in [1.807, 2.05) is 18.7 Å². The normalized spacial score (nSPS) is 24.9. The lowest BCUT2D eigenvalue weighted by atomic mass is 9.90. The molecule has 1 N–H and O–H groups in total. The monoisotopic (exact) mass is 242 g/mol. The molecule has 1 unspecified atom stereocenters. The highest BCUT2D eigenvalue weighted by Crippen LogP contribution is 2.29. The molecule has 0 spiro atoms. The van der Waals surface area contributed by atoms with Crippen LogP contribution < -0.4 is 0 Å². The lowest BCUT2D eigenvalue weighted by Gasteiger charge is -2.23. The van der Waals surface area contributed by atoms with Crippen molar-refractivity contribution in [1.82, 2.24) is 9.80 Å². The predicted octanol–water partition coefficient (Wildman–Crippen LogP) is 0.651. The highest BCUT2D eigenvalue weighted by molar-refractivity contribution is 5.79. The Balaban J connectivity index is 2.50.